The molecule has 1 atom stereocenters. The van der Waals surface area contributed by atoms with Crippen molar-refractivity contribution in [1.82, 2.24) is 5.32 Å². The topological polar surface area (TPSA) is 114 Å². The molecule has 0 bridgehead atoms. The monoisotopic (exact) mass is 621 g/mol. The molecule has 9 heteroatoms. The molecule has 0 aliphatic rings. The number of benzene rings is 4. The van der Waals surface area contributed by atoms with Gasteiger partial charge in [-0.25, -0.2) is 4.79 Å². The van der Waals surface area contributed by atoms with Crippen LogP contribution >= 0.6 is 11.8 Å². The number of hydrogen-bond donors (Lipinski definition) is 3. The molecule has 0 aromatic heterocycles. The number of anilines is 2. The smallest absolute Gasteiger partial charge is 0.338 e. The predicted octanol–water partition coefficient (Wildman–Crippen LogP) is 7.17. The molecule has 230 valence electrons. The van der Waals surface area contributed by atoms with E-state index < -0.39 is 17.1 Å². The molecule has 4 aromatic rings. The van der Waals surface area contributed by atoms with Crippen molar-refractivity contribution in [2.75, 3.05) is 17.2 Å². The first kappa shape index (κ1) is 32.8. The number of rotatable bonds is 13. The third-order valence-electron chi connectivity index (χ3n) is 6.55. The molecule has 0 aliphatic heterocycles. The molecular formula is C36H35N3O5S. The van der Waals surface area contributed by atoms with Crippen molar-refractivity contribution in [2.24, 2.45) is 0 Å². The molecule has 4 rings (SSSR count). The summed E-state index contributed by atoms with van der Waals surface area (Å²) in [6, 6.07) is 31.6. The molecule has 4 aromatic carbocycles. The molecule has 3 amide bonds. The van der Waals surface area contributed by atoms with Crippen LogP contribution in [0.15, 0.2) is 120 Å². The van der Waals surface area contributed by atoms with Crippen molar-refractivity contribution in [3.63, 3.8) is 0 Å². The summed E-state index contributed by atoms with van der Waals surface area (Å²) in [6.07, 6.45) is 3.38. The maximum Gasteiger partial charge on any atom is 0.338 e. The van der Waals surface area contributed by atoms with Crippen molar-refractivity contribution in [3.8, 4) is 0 Å². The first-order valence-electron chi connectivity index (χ1n) is 14.6. The van der Waals surface area contributed by atoms with Crippen LogP contribution in [-0.4, -0.2) is 35.5 Å². The van der Waals surface area contributed by atoms with E-state index in [0.29, 0.717) is 29.1 Å². The largest absolute Gasteiger partial charge is 0.462 e. The van der Waals surface area contributed by atoms with Crippen molar-refractivity contribution in [3.05, 3.63) is 132 Å². The zero-order valence-corrected chi connectivity index (χ0v) is 25.9. The molecular weight excluding hydrogens is 586 g/mol. The molecule has 0 saturated carbocycles. The van der Waals surface area contributed by atoms with Gasteiger partial charge < -0.3 is 20.7 Å². The number of amides is 3. The highest BCUT2D eigenvalue weighted by molar-refractivity contribution is 8.00. The highest BCUT2D eigenvalue weighted by Crippen LogP contribution is 2.26. The van der Waals surface area contributed by atoms with Crippen molar-refractivity contribution < 1.29 is 23.9 Å². The summed E-state index contributed by atoms with van der Waals surface area (Å²) < 4.78 is 5.22. The van der Waals surface area contributed by atoms with Gasteiger partial charge in [-0.2, -0.15) is 0 Å². The highest BCUT2D eigenvalue weighted by atomic mass is 32.2. The van der Waals surface area contributed by atoms with Gasteiger partial charge in [0.05, 0.1) is 17.4 Å². The lowest BCUT2D eigenvalue weighted by atomic mass is 10.1. The minimum atomic E-state index is -0.475. The number of carbonyl (C=O) groups excluding carboxylic acids is 4. The second-order valence-electron chi connectivity index (χ2n) is 10.1. The van der Waals surface area contributed by atoms with Crippen molar-refractivity contribution in [2.45, 2.75) is 36.8 Å². The Balaban J connectivity index is 1.34. The van der Waals surface area contributed by atoms with Gasteiger partial charge in [-0.15, -0.1) is 11.8 Å². The molecule has 0 radical (unpaired) electrons. The van der Waals surface area contributed by atoms with E-state index >= 15 is 0 Å². The summed E-state index contributed by atoms with van der Waals surface area (Å²) in [5.41, 5.74) is 2.83. The zero-order chi connectivity index (χ0) is 32.0. The van der Waals surface area contributed by atoms with E-state index in [1.54, 1.807) is 73.7 Å². The third kappa shape index (κ3) is 10.2. The minimum absolute atomic E-state index is 0.0974. The van der Waals surface area contributed by atoms with E-state index in [1.807, 2.05) is 55.5 Å². The molecule has 0 spiro atoms. The Morgan fingerprint density at radius 2 is 1.36 bits per heavy atom. The second kappa shape index (κ2) is 16.6. The first-order chi connectivity index (χ1) is 21.8. The number of thioether (sulfide) groups is 1. The summed E-state index contributed by atoms with van der Waals surface area (Å²) in [4.78, 5) is 51.8. The van der Waals surface area contributed by atoms with Crippen LogP contribution in [0.25, 0.3) is 6.08 Å². The average Bonchev–Trinajstić information content (AvgIpc) is 3.06. The Morgan fingerprint density at radius 1 is 0.756 bits per heavy atom. The quantitative estimate of drug-likeness (QED) is 0.0631. The Labute approximate surface area is 267 Å². The fourth-order valence-corrected chi connectivity index (χ4v) is 4.92. The highest BCUT2D eigenvalue weighted by Gasteiger charge is 2.17. The number of unbranched alkanes of at least 4 members (excludes halogenated alkanes) is 1. The Hall–Kier alpha value is -5.15. The van der Waals surface area contributed by atoms with E-state index in [0.717, 1.165) is 23.3 Å². The Morgan fingerprint density at radius 3 is 2.00 bits per heavy atom. The number of nitrogens with one attached hydrogen (secondary N) is 3. The van der Waals surface area contributed by atoms with Gasteiger partial charge >= 0.3 is 5.97 Å². The Kier molecular flexibility index (Phi) is 12.1. The Bertz CT molecular complexity index is 1620. The fourth-order valence-electron chi connectivity index (χ4n) is 4.06. The first-order valence-corrected chi connectivity index (χ1v) is 15.5. The van der Waals surface area contributed by atoms with E-state index in [9.17, 15) is 19.2 Å². The molecule has 1 unspecified atom stereocenters. The fraction of sp³-hybridized carbons (Fsp3) is 0.167. The lowest BCUT2D eigenvalue weighted by molar-refractivity contribution is -0.115. The normalized spacial score (nSPS) is 11.6. The van der Waals surface area contributed by atoms with Crippen LogP contribution in [0.3, 0.4) is 0 Å². The summed E-state index contributed by atoms with van der Waals surface area (Å²) in [6.45, 7) is 4.21. The van der Waals surface area contributed by atoms with Crippen molar-refractivity contribution in [1.29, 1.82) is 0 Å². The van der Waals surface area contributed by atoms with Gasteiger partial charge in [0.2, 0.25) is 5.91 Å². The summed E-state index contributed by atoms with van der Waals surface area (Å²) in [5.74, 6) is -1.45. The third-order valence-corrected chi connectivity index (χ3v) is 7.66. The van der Waals surface area contributed by atoms with Crippen LogP contribution in [0.5, 0.6) is 0 Å². The summed E-state index contributed by atoms with van der Waals surface area (Å²) in [7, 11) is 0. The van der Waals surface area contributed by atoms with Gasteiger partial charge in [0.1, 0.15) is 5.70 Å². The molecule has 0 heterocycles. The van der Waals surface area contributed by atoms with Crippen LogP contribution < -0.4 is 16.0 Å². The van der Waals surface area contributed by atoms with E-state index in [4.69, 9.17) is 4.74 Å². The maximum atomic E-state index is 13.2. The van der Waals surface area contributed by atoms with Gasteiger partial charge in [0.25, 0.3) is 11.8 Å². The van der Waals surface area contributed by atoms with Gasteiger partial charge in [-0.3, -0.25) is 14.4 Å². The molecule has 8 nitrogen and oxygen atoms in total. The predicted molar refractivity (Wildman–Crippen MR) is 179 cm³/mol. The number of esters is 1. The maximum absolute atomic E-state index is 13.2. The van der Waals surface area contributed by atoms with Gasteiger partial charge in [0, 0.05) is 21.8 Å². The summed E-state index contributed by atoms with van der Waals surface area (Å²) >= 11 is 1.36. The van der Waals surface area contributed by atoms with Gasteiger partial charge in [-0.05, 0) is 85.6 Å². The molecule has 0 saturated heterocycles. The number of ether oxygens (including phenoxy) is 1. The minimum Gasteiger partial charge on any atom is -0.462 e. The van der Waals surface area contributed by atoms with Crippen LogP contribution in [0.1, 0.15) is 53.0 Å². The number of carbonyl (C=O) groups is 4. The lowest BCUT2D eigenvalue weighted by Crippen LogP contribution is -2.30. The number of hydrogen-bond acceptors (Lipinski definition) is 6. The van der Waals surface area contributed by atoms with Crippen LogP contribution in [0, 0.1) is 0 Å². The summed E-state index contributed by atoms with van der Waals surface area (Å²) in [5, 5.41) is 8.02. The van der Waals surface area contributed by atoms with E-state index in [2.05, 4.69) is 16.0 Å². The molecule has 0 fully saturated rings. The second-order valence-corrected chi connectivity index (χ2v) is 11.5. The molecule has 0 aliphatic carbocycles. The average molecular weight is 622 g/mol. The van der Waals surface area contributed by atoms with Gasteiger partial charge in [-0.1, -0.05) is 61.9 Å². The zero-order valence-electron chi connectivity index (χ0n) is 25.1. The SMILES string of the molecule is CCCCOC(=O)c1ccc(NC(=O)C(C)Sc2ccc(NC(=O)/C(=C/c3ccccc3)NC(=O)c3ccccc3)cc2)cc1. The molecule has 3 N–H and O–H groups in total. The van der Waals surface area contributed by atoms with Crippen LogP contribution in [-0.2, 0) is 14.3 Å². The van der Waals surface area contributed by atoms with Crippen molar-refractivity contribution >= 4 is 52.9 Å². The lowest BCUT2D eigenvalue weighted by Gasteiger charge is -2.14. The van der Waals surface area contributed by atoms with E-state index in [1.165, 1.54) is 11.8 Å². The standard InChI is InChI=1S/C36H35N3O5S/c1-3-4-23-44-36(43)28-15-17-29(18-16-28)37-33(40)25(2)45-31-21-19-30(20-22-31)38-35(42)32(24-26-11-7-5-8-12-26)39-34(41)27-13-9-6-10-14-27/h5-22,24-25H,3-4,23H2,1-2H3,(H,37,40)(H,38,42)(H,39,41)/b32-24-. The van der Waals surface area contributed by atoms with Crippen LogP contribution in [0.4, 0.5) is 11.4 Å². The van der Waals surface area contributed by atoms with Crippen LogP contribution in [0.2, 0.25) is 0 Å². The molecule has 45 heavy (non-hydrogen) atoms. The van der Waals surface area contributed by atoms with E-state index in [-0.39, 0.29) is 17.6 Å². The van der Waals surface area contributed by atoms with Gasteiger partial charge in [0.15, 0.2) is 0 Å².